The molecule has 2 aromatic rings. The summed E-state index contributed by atoms with van der Waals surface area (Å²) in [5.41, 5.74) is 0. The fourth-order valence-electron chi connectivity index (χ4n) is 5.17. The Bertz CT molecular complexity index is 1010. The van der Waals surface area contributed by atoms with Crippen molar-refractivity contribution in [1.29, 1.82) is 0 Å². The molecule has 39 heavy (non-hydrogen) atoms. The van der Waals surface area contributed by atoms with Gasteiger partial charge in [-0.05, 0) is 102 Å². The predicted octanol–water partition coefficient (Wildman–Crippen LogP) is 6.82. The van der Waals surface area contributed by atoms with Gasteiger partial charge < -0.3 is 24.7 Å². The first-order valence-electron chi connectivity index (χ1n) is 13.8. The first kappa shape index (κ1) is 34.9. The van der Waals surface area contributed by atoms with E-state index >= 15 is 0 Å². The van der Waals surface area contributed by atoms with Gasteiger partial charge in [-0.25, -0.2) is 0 Å². The number of benzene rings is 2. The predicted molar refractivity (Wildman–Crippen MR) is 181 cm³/mol. The zero-order valence-electron chi connectivity index (χ0n) is 26.7. The van der Waals surface area contributed by atoms with E-state index < -0.39 is 59.4 Å². The molecule has 0 aliphatic carbocycles. The summed E-state index contributed by atoms with van der Waals surface area (Å²) in [7, 11) is -17.4. The lowest BCUT2D eigenvalue weighted by Crippen LogP contribution is -2.72. The maximum atomic E-state index is 7.34. The SMILES string of the molecule is C[Si](C)(C)O[Si](C)(C)O[Si](C)(C)O[Si](C)(C)O[Si](O[Si](C)(C)O[Si](C)(C)C)(c1ccccc1)c1ccccc1. The maximum Gasteiger partial charge on any atom is 0.389 e. The molecule has 13 heteroatoms. The monoisotopic (exact) mass is 656 g/mol. The highest BCUT2D eigenvalue weighted by Gasteiger charge is 2.54. The van der Waals surface area contributed by atoms with Crippen LogP contribution < -0.4 is 10.4 Å². The molecule has 0 atom stereocenters. The summed E-state index contributed by atoms with van der Waals surface area (Å²) in [5, 5.41) is 2.11. The van der Waals surface area contributed by atoms with Crippen molar-refractivity contribution < 1.29 is 24.7 Å². The van der Waals surface area contributed by atoms with E-state index in [0.29, 0.717) is 0 Å². The normalized spacial score (nSPS) is 14.5. The van der Waals surface area contributed by atoms with Crippen LogP contribution in [0.3, 0.4) is 0 Å². The quantitative estimate of drug-likeness (QED) is 0.208. The number of hydrogen-bond acceptors (Lipinski definition) is 6. The Kier molecular flexibility index (Phi) is 11.2. The lowest BCUT2D eigenvalue weighted by molar-refractivity contribution is 0.278. The van der Waals surface area contributed by atoms with Crippen molar-refractivity contribution in [2.75, 3.05) is 0 Å². The smallest absolute Gasteiger partial charge is 0.389 e. The van der Waals surface area contributed by atoms with E-state index in [9.17, 15) is 0 Å². The van der Waals surface area contributed by atoms with Crippen LogP contribution in [-0.4, -0.2) is 59.4 Å². The first-order valence-corrected chi connectivity index (χ1v) is 33.7. The number of rotatable bonds is 14. The van der Waals surface area contributed by atoms with E-state index in [0.717, 1.165) is 10.4 Å². The van der Waals surface area contributed by atoms with Crippen LogP contribution in [-0.2, 0) is 24.7 Å². The van der Waals surface area contributed by atoms with Crippen molar-refractivity contribution >= 4 is 69.8 Å². The van der Waals surface area contributed by atoms with Crippen molar-refractivity contribution in [1.82, 2.24) is 0 Å². The van der Waals surface area contributed by atoms with Gasteiger partial charge in [0.15, 0.2) is 16.6 Å². The molecule has 0 bridgehead atoms. The molecule has 2 rings (SSSR count). The van der Waals surface area contributed by atoms with E-state index in [1.165, 1.54) is 0 Å². The molecule has 220 valence electrons. The first-order chi connectivity index (χ1) is 17.5. The minimum absolute atomic E-state index is 1.05. The second-order valence-electron chi connectivity index (χ2n) is 13.8. The maximum absolute atomic E-state index is 7.34. The molecule has 0 unspecified atom stereocenters. The van der Waals surface area contributed by atoms with Crippen molar-refractivity contribution in [2.24, 2.45) is 0 Å². The zero-order chi connectivity index (χ0) is 30.0. The Morgan fingerprint density at radius 2 is 0.590 bits per heavy atom. The summed E-state index contributed by atoms with van der Waals surface area (Å²) in [4.78, 5) is 0. The third-order valence-electron chi connectivity index (χ3n) is 5.17. The standard InChI is InChI=1S/C26H52O6Si7/c1-33(2,3)27-35(7,8)29-37(11,12)30-38(13,14)32-39(25-21-17-15-18-22-25,26-23-19-16-20-24-26)31-36(9,10)28-34(4,5)6/h15-24H,1-14H3. The third kappa shape index (κ3) is 11.9. The van der Waals surface area contributed by atoms with E-state index in [4.69, 9.17) is 24.7 Å². The molecule has 0 aliphatic rings. The van der Waals surface area contributed by atoms with Crippen molar-refractivity contribution in [3.63, 3.8) is 0 Å². The molecule has 0 heterocycles. The van der Waals surface area contributed by atoms with Crippen molar-refractivity contribution in [3.8, 4) is 0 Å². The van der Waals surface area contributed by atoms with E-state index in [2.05, 4.69) is 140 Å². The third-order valence-corrected chi connectivity index (χ3v) is 30.3. The Morgan fingerprint density at radius 1 is 0.333 bits per heavy atom. The van der Waals surface area contributed by atoms with E-state index in [-0.39, 0.29) is 0 Å². The fourth-order valence-corrected chi connectivity index (χ4v) is 38.2. The molecular formula is C26H52O6Si7. The van der Waals surface area contributed by atoms with E-state index in [1.54, 1.807) is 0 Å². The second kappa shape index (κ2) is 12.5. The molecule has 0 amide bonds. The largest absolute Gasteiger partial charge is 0.437 e. The van der Waals surface area contributed by atoms with Crippen LogP contribution in [0.4, 0.5) is 0 Å². The molecule has 0 fully saturated rings. The molecule has 6 nitrogen and oxygen atoms in total. The van der Waals surface area contributed by atoms with Crippen LogP contribution >= 0.6 is 0 Å². The lowest BCUT2D eigenvalue weighted by atomic mass is 10.4. The van der Waals surface area contributed by atoms with Crippen LogP contribution in [0.15, 0.2) is 60.7 Å². The molecule has 2 aromatic carbocycles. The molecule has 0 N–H and O–H groups in total. The summed E-state index contributed by atoms with van der Waals surface area (Å²) in [5.74, 6) is 0. The summed E-state index contributed by atoms with van der Waals surface area (Å²) in [6, 6.07) is 20.8. The molecule has 0 aromatic heterocycles. The van der Waals surface area contributed by atoms with Gasteiger partial charge in [0.1, 0.15) is 0 Å². The fraction of sp³-hybridized carbons (Fsp3) is 0.538. The summed E-state index contributed by atoms with van der Waals surface area (Å²) < 4.78 is 41.5. The van der Waals surface area contributed by atoms with Crippen LogP contribution in [0, 0.1) is 0 Å². The second-order valence-corrected chi connectivity index (χ2v) is 40.7. The number of hydrogen-bond donors (Lipinski definition) is 0. The molecular weight excluding hydrogens is 605 g/mol. The van der Waals surface area contributed by atoms with Gasteiger partial charge in [-0.2, -0.15) is 0 Å². The van der Waals surface area contributed by atoms with Gasteiger partial charge in [-0.3, -0.25) is 0 Å². The topological polar surface area (TPSA) is 55.4 Å². The van der Waals surface area contributed by atoms with Gasteiger partial charge in [0, 0.05) is 0 Å². The van der Waals surface area contributed by atoms with Gasteiger partial charge in [-0.1, -0.05) is 60.7 Å². The Balaban J connectivity index is 2.57. The van der Waals surface area contributed by atoms with Crippen LogP contribution in [0.25, 0.3) is 0 Å². The van der Waals surface area contributed by atoms with Crippen molar-refractivity contribution in [3.05, 3.63) is 60.7 Å². The summed E-state index contributed by atoms with van der Waals surface area (Å²) in [6.07, 6.45) is 0. The average Bonchev–Trinajstić information content (AvgIpc) is 2.68. The molecule has 0 saturated carbocycles. The summed E-state index contributed by atoms with van der Waals surface area (Å²) >= 11 is 0. The Hall–Kier alpha value is -0.282. The summed E-state index contributed by atoms with van der Waals surface area (Å²) in [6.45, 7) is 30.2. The minimum atomic E-state index is -3.27. The van der Waals surface area contributed by atoms with Gasteiger partial charge in [0.05, 0.1) is 0 Å². The average molecular weight is 657 g/mol. The zero-order valence-corrected chi connectivity index (χ0v) is 33.7. The lowest BCUT2D eigenvalue weighted by Gasteiger charge is -2.45. The van der Waals surface area contributed by atoms with Crippen LogP contribution in [0.5, 0.6) is 0 Å². The Morgan fingerprint density at radius 3 is 0.897 bits per heavy atom. The van der Waals surface area contributed by atoms with Crippen molar-refractivity contribution in [2.45, 2.75) is 91.7 Å². The van der Waals surface area contributed by atoms with Crippen LogP contribution in [0.1, 0.15) is 0 Å². The highest BCUT2D eigenvalue weighted by molar-refractivity contribution is 7.02. The van der Waals surface area contributed by atoms with Gasteiger partial charge in [0.25, 0.3) is 0 Å². The Labute approximate surface area is 245 Å². The molecule has 0 spiro atoms. The van der Waals surface area contributed by atoms with Crippen LogP contribution in [0.2, 0.25) is 91.7 Å². The van der Waals surface area contributed by atoms with Gasteiger partial charge >= 0.3 is 42.8 Å². The molecule has 0 aliphatic heterocycles. The molecule has 0 saturated heterocycles. The van der Waals surface area contributed by atoms with Gasteiger partial charge in [0.2, 0.25) is 0 Å². The van der Waals surface area contributed by atoms with E-state index in [1.807, 2.05) is 12.1 Å². The highest BCUT2D eigenvalue weighted by atomic mass is 28.5. The minimum Gasteiger partial charge on any atom is -0.437 e. The molecule has 0 radical (unpaired) electrons. The van der Waals surface area contributed by atoms with Gasteiger partial charge in [-0.15, -0.1) is 0 Å². The highest BCUT2D eigenvalue weighted by Crippen LogP contribution is 2.29.